The van der Waals surface area contributed by atoms with E-state index in [0.717, 1.165) is 32.5 Å². The first-order chi connectivity index (χ1) is 9.04. The molecule has 0 aromatic carbocycles. The van der Waals surface area contributed by atoms with Crippen molar-refractivity contribution >= 4 is 5.78 Å². The standard InChI is InChI=1S/C14H26N4O/c1-6-10-18-12(11-15-16-18)13(19)14(5,7-2)17(8-3)9-4/h11H,6-10H2,1-5H3. The van der Waals surface area contributed by atoms with Crippen LogP contribution in [0.3, 0.4) is 0 Å². The van der Waals surface area contributed by atoms with E-state index in [1.807, 2.05) is 6.92 Å². The molecule has 1 heterocycles. The van der Waals surface area contributed by atoms with Gasteiger partial charge in [0.25, 0.3) is 0 Å². The van der Waals surface area contributed by atoms with E-state index in [9.17, 15) is 4.79 Å². The number of Topliss-reactive ketones (excluding diaryl/α,β-unsaturated/α-hetero) is 1. The molecular formula is C14H26N4O. The molecule has 0 aliphatic rings. The summed E-state index contributed by atoms with van der Waals surface area (Å²) in [4.78, 5) is 15.1. The summed E-state index contributed by atoms with van der Waals surface area (Å²) in [6.45, 7) is 12.8. The molecule has 0 N–H and O–H groups in total. The van der Waals surface area contributed by atoms with Crippen LogP contribution >= 0.6 is 0 Å². The first-order valence-corrected chi connectivity index (χ1v) is 7.23. The summed E-state index contributed by atoms with van der Waals surface area (Å²) in [5.41, 5.74) is 0.148. The highest BCUT2D eigenvalue weighted by Crippen LogP contribution is 2.24. The highest BCUT2D eigenvalue weighted by Gasteiger charge is 2.38. The Labute approximate surface area is 116 Å². The quantitative estimate of drug-likeness (QED) is 0.678. The highest BCUT2D eigenvalue weighted by molar-refractivity contribution is 6.01. The van der Waals surface area contributed by atoms with Crippen LogP contribution < -0.4 is 0 Å². The summed E-state index contributed by atoms with van der Waals surface area (Å²) in [6, 6.07) is 0. The summed E-state index contributed by atoms with van der Waals surface area (Å²) < 4.78 is 1.72. The Morgan fingerprint density at radius 3 is 2.42 bits per heavy atom. The molecule has 19 heavy (non-hydrogen) atoms. The number of carbonyl (C=O) groups is 1. The number of ketones is 1. The second-order valence-corrected chi connectivity index (χ2v) is 4.97. The molecule has 0 saturated heterocycles. The van der Waals surface area contributed by atoms with E-state index in [-0.39, 0.29) is 5.78 Å². The van der Waals surface area contributed by atoms with Crippen molar-refractivity contribution in [3.63, 3.8) is 0 Å². The van der Waals surface area contributed by atoms with Crippen molar-refractivity contribution < 1.29 is 4.79 Å². The Bertz CT molecular complexity index is 411. The second-order valence-electron chi connectivity index (χ2n) is 4.97. The predicted molar refractivity (Wildman–Crippen MR) is 76.3 cm³/mol. The fourth-order valence-corrected chi connectivity index (χ4v) is 2.54. The summed E-state index contributed by atoms with van der Waals surface area (Å²) >= 11 is 0. The third kappa shape index (κ3) is 3.03. The van der Waals surface area contributed by atoms with Gasteiger partial charge in [0, 0.05) is 6.54 Å². The first-order valence-electron chi connectivity index (χ1n) is 7.23. The SMILES string of the molecule is CCCn1nncc1C(=O)C(C)(CC)N(CC)CC. The molecule has 108 valence electrons. The van der Waals surface area contributed by atoms with Crippen LogP contribution in [0, 0.1) is 0 Å². The maximum Gasteiger partial charge on any atom is 0.202 e. The average Bonchev–Trinajstić information content (AvgIpc) is 2.87. The van der Waals surface area contributed by atoms with Crippen molar-refractivity contribution in [3.05, 3.63) is 11.9 Å². The molecule has 1 atom stereocenters. The topological polar surface area (TPSA) is 51.0 Å². The van der Waals surface area contributed by atoms with E-state index >= 15 is 0 Å². The third-order valence-corrected chi connectivity index (χ3v) is 3.92. The molecule has 0 fully saturated rings. The Morgan fingerprint density at radius 2 is 1.95 bits per heavy atom. The van der Waals surface area contributed by atoms with E-state index in [4.69, 9.17) is 0 Å². The Morgan fingerprint density at radius 1 is 1.32 bits per heavy atom. The van der Waals surface area contributed by atoms with Crippen LogP contribution in [0.15, 0.2) is 6.20 Å². The van der Waals surface area contributed by atoms with Crippen molar-refractivity contribution in [2.45, 2.75) is 59.5 Å². The maximum atomic E-state index is 12.9. The number of aryl methyl sites for hydroxylation is 1. The van der Waals surface area contributed by atoms with Crippen LogP contribution in [0.1, 0.15) is 57.9 Å². The van der Waals surface area contributed by atoms with E-state index in [0.29, 0.717) is 5.69 Å². The van der Waals surface area contributed by atoms with Gasteiger partial charge in [-0.05, 0) is 32.9 Å². The van der Waals surface area contributed by atoms with Gasteiger partial charge >= 0.3 is 0 Å². The first kappa shape index (κ1) is 15.8. The fraction of sp³-hybridized carbons (Fsp3) is 0.786. The molecule has 0 aliphatic heterocycles. The van der Waals surface area contributed by atoms with Crippen LogP contribution in [0.4, 0.5) is 0 Å². The van der Waals surface area contributed by atoms with E-state index < -0.39 is 5.54 Å². The number of aromatic nitrogens is 3. The maximum absolute atomic E-state index is 12.9. The molecule has 0 bridgehead atoms. The Kier molecular flexibility index (Phi) is 5.66. The molecule has 0 radical (unpaired) electrons. The highest BCUT2D eigenvalue weighted by atomic mass is 16.1. The lowest BCUT2D eigenvalue weighted by Gasteiger charge is -2.38. The molecule has 5 nitrogen and oxygen atoms in total. The number of nitrogens with zero attached hydrogens (tertiary/aromatic N) is 4. The van der Waals surface area contributed by atoms with Crippen LogP contribution in [-0.2, 0) is 6.54 Å². The molecule has 1 aromatic rings. The largest absolute Gasteiger partial charge is 0.291 e. The van der Waals surface area contributed by atoms with Gasteiger partial charge in [0.15, 0.2) is 0 Å². The lowest BCUT2D eigenvalue weighted by atomic mass is 9.89. The summed E-state index contributed by atoms with van der Waals surface area (Å²) in [6.07, 6.45) is 3.32. The van der Waals surface area contributed by atoms with Crippen LogP contribution in [0.2, 0.25) is 0 Å². The molecule has 1 unspecified atom stereocenters. The lowest BCUT2D eigenvalue weighted by Crippen LogP contribution is -2.52. The average molecular weight is 266 g/mol. The van der Waals surface area contributed by atoms with Crippen LogP contribution in [-0.4, -0.2) is 44.3 Å². The summed E-state index contributed by atoms with van der Waals surface area (Å²) in [7, 11) is 0. The molecule has 0 saturated carbocycles. The molecular weight excluding hydrogens is 240 g/mol. The Balaban J connectivity index is 3.10. The summed E-state index contributed by atoms with van der Waals surface area (Å²) in [5, 5.41) is 7.91. The van der Waals surface area contributed by atoms with Gasteiger partial charge in [-0.2, -0.15) is 0 Å². The molecule has 0 spiro atoms. The molecule has 0 aliphatic carbocycles. The zero-order valence-corrected chi connectivity index (χ0v) is 12.8. The van der Waals surface area contributed by atoms with Gasteiger partial charge in [-0.25, -0.2) is 4.68 Å². The molecule has 1 aromatic heterocycles. The van der Waals surface area contributed by atoms with Gasteiger partial charge < -0.3 is 0 Å². The number of hydrogen-bond acceptors (Lipinski definition) is 4. The number of likely N-dealkylation sites (N-methyl/N-ethyl adjacent to an activating group) is 1. The lowest BCUT2D eigenvalue weighted by molar-refractivity contribution is 0.0596. The van der Waals surface area contributed by atoms with E-state index in [2.05, 4.69) is 42.9 Å². The van der Waals surface area contributed by atoms with Crippen molar-refractivity contribution in [1.82, 2.24) is 19.9 Å². The molecule has 5 heteroatoms. The number of hydrogen-bond donors (Lipinski definition) is 0. The predicted octanol–water partition coefficient (Wildman–Crippen LogP) is 2.38. The van der Waals surface area contributed by atoms with Gasteiger partial charge in [-0.3, -0.25) is 9.69 Å². The van der Waals surface area contributed by atoms with Crippen molar-refractivity contribution in [3.8, 4) is 0 Å². The van der Waals surface area contributed by atoms with Gasteiger partial charge in [0.1, 0.15) is 5.69 Å². The second kappa shape index (κ2) is 6.80. The van der Waals surface area contributed by atoms with E-state index in [1.54, 1.807) is 10.9 Å². The number of rotatable bonds is 8. The van der Waals surface area contributed by atoms with Gasteiger partial charge in [-0.1, -0.05) is 32.9 Å². The van der Waals surface area contributed by atoms with Crippen LogP contribution in [0.25, 0.3) is 0 Å². The minimum absolute atomic E-state index is 0.122. The van der Waals surface area contributed by atoms with Gasteiger partial charge in [-0.15, -0.1) is 5.10 Å². The smallest absolute Gasteiger partial charge is 0.202 e. The fourth-order valence-electron chi connectivity index (χ4n) is 2.54. The summed E-state index contributed by atoms with van der Waals surface area (Å²) in [5.74, 6) is 0.122. The van der Waals surface area contributed by atoms with Gasteiger partial charge in [0.05, 0.1) is 11.7 Å². The number of carbonyl (C=O) groups excluding carboxylic acids is 1. The van der Waals surface area contributed by atoms with Gasteiger partial charge in [0.2, 0.25) is 5.78 Å². The van der Waals surface area contributed by atoms with Crippen molar-refractivity contribution in [2.75, 3.05) is 13.1 Å². The monoisotopic (exact) mass is 266 g/mol. The third-order valence-electron chi connectivity index (χ3n) is 3.92. The molecule has 1 rings (SSSR count). The Hall–Kier alpha value is -1.23. The minimum atomic E-state index is -0.475. The minimum Gasteiger partial charge on any atom is -0.291 e. The van der Waals surface area contributed by atoms with Crippen LogP contribution in [0.5, 0.6) is 0 Å². The van der Waals surface area contributed by atoms with Crippen molar-refractivity contribution in [1.29, 1.82) is 0 Å². The zero-order valence-electron chi connectivity index (χ0n) is 12.8. The normalized spacial score (nSPS) is 14.6. The van der Waals surface area contributed by atoms with E-state index in [1.165, 1.54) is 0 Å². The molecule has 0 amide bonds. The van der Waals surface area contributed by atoms with Crippen molar-refractivity contribution in [2.24, 2.45) is 0 Å². The zero-order chi connectivity index (χ0) is 14.5.